The first-order chi connectivity index (χ1) is 9.52. The number of aliphatic hydroxyl groups is 1. The number of carboxylic acid groups (broad SMARTS) is 1. The quantitative estimate of drug-likeness (QED) is 0.475. The maximum Gasteiger partial charge on any atom is 0.335 e. The van der Waals surface area contributed by atoms with Gasteiger partial charge in [-0.05, 0) is 19.1 Å². The van der Waals surface area contributed by atoms with Crippen molar-refractivity contribution < 1.29 is 24.5 Å². The maximum absolute atomic E-state index is 10.2. The van der Waals surface area contributed by atoms with Gasteiger partial charge < -0.3 is 19.7 Å². The Labute approximate surface area is 118 Å². The first-order valence-corrected chi connectivity index (χ1v) is 5.92. The van der Waals surface area contributed by atoms with E-state index in [0.29, 0.717) is 11.3 Å². The van der Waals surface area contributed by atoms with Crippen LogP contribution in [0.3, 0.4) is 0 Å². The second-order valence-corrected chi connectivity index (χ2v) is 3.66. The molecule has 110 valence electrons. The number of carboxylic acids is 1. The summed E-state index contributed by atoms with van der Waals surface area (Å²) in [4.78, 5) is 10.2. The molecule has 0 aliphatic heterocycles. The Morgan fingerprint density at radius 3 is 2.40 bits per heavy atom. The molecule has 0 saturated heterocycles. The van der Waals surface area contributed by atoms with Crippen molar-refractivity contribution in [1.82, 2.24) is 0 Å². The summed E-state index contributed by atoms with van der Waals surface area (Å²) in [5.41, 5.74) is 0.331. The number of hydrogen-bond donors (Lipinski definition) is 2. The molecule has 1 rings (SSSR count). The molecule has 5 heteroatoms. The molecule has 2 N–H and O–H groups in total. The van der Waals surface area contributed by atoms with Gasteiger partial charge in [0.15, 0.2) is 6.79 Å². The summed E-state index contributed by atoms with van der Waals surface area (Å²) in [7, 11) is 1.51. The van der Waals surface area contributed by atoms with Crippen molar-refractivity contribution in [3.8, 4) is 0 Å². The van der Waals surface area contributed by atoms with Crippen molar-refractivity contribution in [3.63, 3.8) is 0 Å². The van der Waals surface area contributed by atoms with Gasteiger partial charge in [0.25, 0.3) is 0 Å². The second-order valence-electron chi connectivity index (χ2n) is 3.66. The van der Waals surface area contributed by atoms with E-state index in [9.17, 15) is 9.90 Å². The monoisotopic (exact) mass is 280 g/mol. The van der Waals surface area contributed by atoms with Crippen LogP contribution < -0.4 is 0 Å². The SMILES string of the molecule is C=C(OCOC)C(O)C=CC.O=C(O)c1ccccc1. The Balaban J connectivity index is 0.000000367. The van der Waals surface area contributed by atoms with Crippen LogP contribution in [0.4, 0.5) is 0 Å². The lowest BCUT2D eigenvalue weighted by Crippen LogP contribution is -2.09. The molecule has 0 bridgehead atoms. The number of methoxy groups -OCH3 is 1. The minimum Gasteiger partial charge on any atom is -0.478 e. The third kappa shape index (κ3) is 8.07. The smallest absolute Gasteiger partial charge is 0.335 e. The van der Waals surface area contributed by atoms with Crippen LogP contribution in [0.15, 0.2) is 54.8 Å². The molecule has 0 radical (unpaired) electrons. The van der Waals surface area contributed by atoms with Gasteiger partial charge in [0, 0.05) is 7.11 Å². The van der Waals surface area contributed by atoms with Crippen LogP contribution in [0.25, 0.3) is 0 Å². The van der Waals surface area contributed by atoms with E-state index in [1.165, 1.54) is 7.11 Å². The molecule has 1 aromatic rings. The van der Waals surface area contributed by atoms with Crippen LogP contribution in [0, 0.1) is 0 Å². The molecule has 1 unspecified atom stereocenters. The van der Waals surface area contributed by atoms with Gasteiger partial charge in [-0.2, -0.15) is 0 Å². The van der Waals surface area contributed by atoms with E-state index < -0.39 is 12.1 Å². The molecule has 0 aliphatic rings. The summed E-state index contributed by atoms with van der Waals surface area (Å²) >= 11 is 0. The van der Waals surface area contributed by atoms with Crippen molar-refractivity contribution in [1.29, 1.82) is 0 Å². The summed E-state index contributed by atoms with van der Waals surface area (Å²) in [6, 6.07) is 8.30. The predicted molar refractivity (Wildman–Crippen MR) is 76.3 cm³/mol. The number of aliphatic hydroxyl groups excluding tert-OH is 1. The molecule has 20 heavy (non-hydrogen) atoms. The first-order valence-electron chi connectivity index (χ1n) is 5.92. The minimum atomic E-state index is -0.879. The van der Waals surface area contributed by atoms with Crippen LogP contribution in [0.2, 0.25) is 0 Å². The molecule has 0 saturated carbocycles. The fourth-order valence-corrected chi connectivity index (χ4v) is 1.09. The predicted octanol–water partition coefficient (Wildman–Crippen LogP) is 2.44. The standard InChI is InChI=1S/C8H14O3.C7H6O2/c1-4-5-8(9)7(2)11-6-10-3;8-7(9)6-4-2-1-3-5-6/h4-5,8-9H,2,6H2,1,3H3;1-5H,(H,8,9). The van der Waals surface area contributed by atoms with E-state index in [1.54, 1.807) is 42.5 Å². The summed E-state index contributed by atoms with van der Waals surface area (Å²) in [5.74, 6) is -0.583. The molecule has 0 fully saturated rings. The fourth-order valence-electron chi connectivity index (χ4n) is 1.09. The number of ether oxygens (including phenoxy) is 2. The van der Waals surface area contributed by atoms with E-state index in [0.717, 1.165) is 0 Å². The molecule has 0 amide bonds. The Hall–Kier alpha value is -2.11. The average molecular weight is 280 g/mol. The van der Waals surface area contributed by atoms with E-state index in [-0.39, 0.29) is 6.79 Å². The molecule has 0 aliphatic carbocycles. The van der Waals surface area contributed by atoms with Crippen molar-refractivity contribution in [2.24, 2.45) is 0 Å². The van der Waals surface area contributed by atoms with Gasteiger partial charge in [-0.1, -0.05) is 36.9 Å². The van der Waals surface area contributed by atoms with Crippen molar-refractivity contribution in [2.75, 3.05) is 13.9 Å². The van der Waals surface area contributed by atoms with Crippen molar-refractivity contribution in [2.45, 2.75) is 13.0 Å². The number of benzene rings is 1. The summed E-state index contributed by atoms with van der Waals surface area (Å²) in [5, 5.41) is 17.6. The fraction of sp³-hybridized carbons (Fsp3) is 0.267. The van der Waals surface area contributed by atoms with Gasteiger partial charge in [0.2, 0.25) is 0 Å². The van der Waals surface area contributed by atoms with Crippen LogP contribution in [0.5, 0.6) is 0 Å². The van der Waals surface area contributed by atoms with Crippen LogP contribution >= 0.6 is 0 Å². The van der Waals surface area contributed by atoms with Gasteiger partial charge in [-0.15, -0.1) is 0 Å². The lowest BCUT2D eigenvalue weighted by Gasteiger charge is -2.10. The topological polar surface area (TPSA) is 76.0 Å². The Morgan fingerprint density at radius 2 is 2.00 bits per heavy atom. The average Bonchev–Trinajstić information content (AvgIpc) is 2.46. The van der Waals surface area contributed by atoms with Crippen LogP contribution in [-0.4, -0.2) is 36.2 Å². The summed E-state index contributed by atoms with van der Waals surface area (Å²) < 4.78 is 9.51. The number of allylic oxidation sites excluding steroid dienone is 1. The number of carbonyl (C=O) groups is 1. The molecule has 0 heterocycles. The molecular formula is C15H20O5. The lowest BCUT2D eigenvalue weighted by molar-refractivity contribution is -0.0119. The molecule has 5 nitrogen and oxygen atoms in total. The number of aromatic carboxylic acids is 1. The largest absolute Gasteiger partial charge is 0.478 e. The zero-order valence-corrected chi connectivity index (χ0v) is 11.7. The third-order valence-corrected chi connectivity index (χ3v) is 2.09. The molecule has 0 aromatic heterocycles. The van der Waals surface area contributed by atoms with Gasteiger partial charge in [-0.3, -0.25) is 0 Å². The van der Waals surface area contributed by atoms with E-state index in [1.807, 2.05) is 6.92 Å². The highest BCUT2D eigenvalue weighted by Gasteiger charge is 2.03. The second kappa shape index (κ2) is 10.8. The Kier molecular flexibility index (Phi) is 9.64. The van der Waals surface area contributed by atoms with Gasteiger partial charge in [0.1, 0.15) is 11.9 Å². The molecule has 1 aromatic carbocycles. The van der Waals surface area contributed by atoms with Crippen molar-refractivity contribution in [3.05, 3.63) is 60.4 Å². The normalized spacial score (nSPS) is 11.3. The lowest BCUT2D eigenvalue weighted by atomic mass is 10.2. The van der Waals surface area contributed by atoms with E-state index in [4.69, 9.17) is 9.84 Å². The van der Waals surface area contributed by atoms with E-state index in [2.05, 4.69) is 11.3 Å². The van der Waals surface area contributed by atoms with Crippen molar-refractivity contribution >= 4 is 5.97 Å². The maximum atomic E-state index is 10.2. The van der Waals surface area contributed by atoms with E-state index >= 15 is 0 Å². The zero-order chi connectivity index (χ0) is 15.4. The Morgan fingerprint density at radius 1 is 1.40 bits per heavy atom. The number of rotatable bonds is 6. The number of hydrogen-bond acceptors (Lipinski definition) is 4. The minimum absolute atomic E-state index is 0.118. The third-order valence-electron chi connectivity index (χ3n) is 2.09. The van der Waals surface area contributed by atoms with Crippen LogP contribution in [0.1, 0.15) is 17.3 Å². The highest BCUT2D eigenvalue weighted by molar-refractivity contribution is 5.87. The highest BCUT2D eigenvalue weighted by atomic mass is 16.7. The summed E-state index contributed by atoms with van der Waals surface area (Å²) in [6.45, 7) is 5.44. The highest BCUT2D eigenvalue weighted by Crippen LogP contribution is 2.02. The Bertz CT molecular complexity index is 425. The summed E-state index contributed by atoms with van der Waals surface area (Å²) in [6.07, 6.45) is 2.57. The molecular weight excluding hydrogens is 260 g/mol. The molecule has 0 spiro atoms. The molecule has 1 atom stereocenters. The van der Waals surface area contributed by atoms with Gasteiger partial charge >= 0.3 is 5.97 Å². The van der Waals surface area contributed by atoms with Crippen LogP contribution in [-0.2, 0) is 9.47 Å². The van der Waals surface area contributed by atoms with Gasteiger partial charge in [-0.25, -0.2) is 4.79 Å². The zero-order valence-electron chi connectivity index (χ0n) is 11.7. The first kappa shape index (κ1) is 17.9. The van der Waals surface area contributed by atoms with Gasteiger partial charge in [0.05, 0.1) is 5.56 Å².